The summed E-state index contributed by atoms with van der Waals surface area (Å²) in [5.74, 6) is 1.44. The molecule has 0 bridgehead atoms. The SMILES string of the molecule is CCOc1ccc(CCNC(=O)Nc2ccc(N(CC)CC)cc2C)cc1OC.[Cl-]. The summed E-state index contributed by atoms with van der Waals surface area (Å²) in [7, 11) is 1.63. The van der Waals surface area contributed by atoms with Gasteiger partial charge in [0.25, 0.3) is 0 Å². The number of halogens is 1. The van der Waals surface area contributed by atoms with Crippen molar-refractivity contribution in [3.8, 4) is 11.5 Å². The van der Waals surface area contributed by atoms with Crippen LogP contribution >= 0.6 is 0 Å². The highest BCUT2D eigenvalue weighted by Crippen LogP contribution is 2.28. The molecule has 2 rings (SSSR count). The summed E-state index contributed by atoms with van der Waals surface area (Å²) in [6.07, 6.45) is 0.704. The van der Waals surface area contributed by atoms with Crippen molar-refractivity contribution in [2.24, 2.45) is 0 Å². The highest BCUT2D eigenvalue weighted by Gasteiger charge is 2.09. The van der Waals surface area contributed by atoms with Gasteiger partial charge in [0.15, 0.2) is 11.5 Å². The number of rotatable bonds is 10. The molecule has 6 nitrogen and oxygen atoms in total. The number of nitrogens with zero attached hydrogens (tertiary/aromatic N) is 1. The van der Waals surface area contributed by atoms with Crippen molar-refractivity contribution in [2.45, 2.75) is 34.1 Å². The topological polar surface area (TPSA) is 62.8 Å². The van der Waals surface area contributed by atoms with Crippen LogP contribution in [0.25, 0.3) is 0 Å². The average molecular weight is 435 g/mol. The number of carbonyl (C=O) groups excluding carboxylic acids is 1. The Balaban J connectivity index is 0.00000450. The fourth-order valence-corrected chi connectivity index (χ4v) is 3.20. The van der Waals surface area contributed by atoms with Crippen molar-refractivity contribution in [2.75, 3.05) is 43.6 Å². The maximum Gasteiger partial charge on any atom is 0.319 e. The summed E-state index contributed by atoms with van der Waals surface area (Å²) in [5, 5.41) is 5.85. The number of methoxy groups -OCH3 is 1. The lowest BCUT2D eigenvalue weighted by Crippen LogP contribution is -3.00. The Morgan fingerprint density at radius 3 is 2.37 bits per heavy atom. The predicted octanol–water partition coefficient (Wildman–Crippen LogP) is 1.62. The van der Waals surface area contributed by atoms with E-state index in [4.69, 9.17) is 9.47 Å². The molecule has 2 N–H and O–H groups in total. The van der Waals surface area contributed by atoms with Gasteiger partial charge < -0.3 is 37.4 Å². The molecule has 0 aromatic heterocycles. The number of nitrogens with one attached hydrogen (secondary N) is 2. The first kappa shape index (κ1) is 25.4. The molecule has 2 aromatic rings. The molecule has 0 radical (unpaired) electrons. The van der Waals surface area contributed by atoms with Crippen molar-refractivity contribution >= 4 is 17.4 Å². The fraction of sp³-hybridized carbons (Fsp3) is 0.435. The minimum absolute atomic E-state index is 0. The lowest BCUT2D eigenvalue weighted by molar-refractivity contribution is -0.0000100. The maximum atomic E-state index is 12.3. The lowest BCUT2D eigenvalue weighted by atomic mass is 10.1. The molecule has 0 aliphatic rings. The van der Waals surface area contributed by atoms with Gasteiger partial charge in [0.2, 0.25) is 0 Å². The van der Waals surface area contributed by atoms with E-state index in [1.807, 2.05) is 44.2 Å². The summed E-state index contributed by atoms with van der Waals surface area (Å²) in [6.45, 7) is 11.3. The molecule has 2 aromatic carbocycles. The zero-order valence-corrected chi connectivity index (χ0v) is 19.3. The van der Waals surface area contributed by atoms with Crippen molar-refractivity contribution in [3.63, 3.8) is 0 Å². The third kappa shape index (κ3) is 7.02. The molecule has 0 saturated carbocycles. The van der Waals surface area contributed by atoms with Crippen LogP contribution in [0, 0.1) is 6.92 Å². The van der Waals surface area contributed by atoms with Crippen LogP contribution in [0.4, 0.5) is 16.2 Å². The van der Waals surface area contributed by atoms with E-state index < -0.39 is 0 Å². The largest absolute Gasteiger partial charge is 1.00 e. The Bertz CT molecular complexity index is 810. The first-order valence-corrected chi connectivity index (χ1v) is 10.2. The highest BCUT2D eigenvalue weighted by atomic mass is 35.5. The molecule has 0 unspecified atom stereocenters. The van der Waals surface area contributed by atoms with Gasteiger partial charge in [-0.05, 0) is 75.6 Å². The van der Waals surface area contributed by atoms with Gasteiger partial charge >= 0.3 is 6.03 Å². The standard InChI is InChI=1S/C23H33N3O3.ClH/c1-6-26(7-2)19-10-11-20(17(4)15-19)25-23(27)24-14-13-18-9-12-21(29-8-3)22(16-18)28-5;/h9-12,15-16H,6-8,13-14H2,1-5H3,(H2,24,25,27);1H/p-1. The molecule has 0 spiro atoms. The number of benzene rings is 2. The van der Waals surface area contributed by atoms with Crippen LogP contribution in [-0.2, 0) is 6.42 Å². The first-order chi connectivity index (χ1) is 14.0. The quantitative estimate of drug-likeness (QED) is 0.596. The third-order valence-electron chi connectivity index (χ3n) is 4.81. The molecule has 0 fully saturated rings. The summed E-state index contributed by atoms with van der Waals surface area (Å²) in [6, 6.07) is 11.7. The van der Waals surface area contributed by atoms with E-state index in [0.717, 1.165) is 35.7 Å². The number of hydrogen-bond donors (Lipinski definition) is 2. The summed E-state index contributed by atoms with van der Waals surface area (Å²) < 4.78 is 10.9. The molecule has 0 heterocycles. The van der Waals surface area contributed by atoms with E-state index in [2.05, 4.69) is 35.4 Å². The third-order valence-corrected chi connectivity index (χ3v) is 4.81. The van der Waals surface area contributed by atoms with Crippen LogP contribution in [0.2, 0.25) is 0 Å². The second-order valence-electron chi connectivity index (χ2n) is 6.72. The minimum Gasteiger partial charge on any atom is -1.00 e. The molecule has 30 heavy (non-hydrogen) atoms. The second-order valence-corrected chi connectivity index (χ2v) is 6.72. The Kier molecular flexibility index (Phi) is 10.9. The molecule has 0 atom stereocenters. The van der Waals surface area contributed by atoms with Gasteiger partial charge in [-0.25, -0.2) is 4.79 Å². The van der Waals surface area contributed by atoms with Crippen LogP contribution in [0.3, 0.4) is 0 Å². The number of amides is 2. The molecule has 2 amide bonds. The van der Waals surface area contributed by atoms with Gasteiger partial charge in [-0.2, -0.15) is 0 Å². The molecule has 0 aliphatic heterocycles. The van der Waals surface area contributed by atoms with E-state index in [0.29, 0.717) is 25.3 Å². The predicted molar refractivity (Wildman–Crippen MR) is 120 cm³/mol. The van der Waals surface area contributed by atoms with Crippen LogP contribution in [-0.4, -0.2) is 39.4 Å². The smallest absolute Gasteiger partial charge is 0.319 e. The Labute approximate surface area is 186 Å². The van der Waals surface area contributed by atoms with Crippen LogP contribution < -0.4 is 37.4 Å². The Morgan fingerprint density at radius 1 is 1.03 bits per heavy atom. The monoisotopic (exact) mass is 434 g/mol. The average Bonchev–Trinajstić information content (AvgIpc) is 2.72. The molecular weight excluding hydrogens is 402 g/mol. The normalized spacial score (nSPS) is 10.0. The van der Waals surface area contributed by atoms with Crippen molar-refractivity contribution < 1.29 is 26.7 Å². The van der Waals surface area contributed by atoms with Crippen LogP contribution in [0.15, 0.2) is 36.4 Å². The summed E-state index contributed by atoms with van der Waals surface area (Å²) in [4.78, 5) is 14.6. The number of ether oxygens (including phenoxy) is 2. The zero-order chi connectivity index (χ0) is 21.2. The van der Waals surface area contributed by atoms with Gasteiger partial charge in [0, 0.05) is 31.0 Å². The Hall–Kier alpha value is -2.60. The summed E-state index contributed by atoms with van der Waals surface area (Å²) in [5.41, 5.74) is 4.11. The van der Waals surface area contributed by atoms with Gasteiger partial charge in [0.1, 0.15) is 0 Å². The number of urea groups is 1. The summed E-state index contributed by atoms with van der Waals surface area (Å²) >= 11 is 0. The molecule has 7 heteroatoms. The second kappa shape index (κ2) is 12.9. The zero-order valence-electron chi connectivity index (χ0n) is 18.5. The molecule has 0 aliphatic carbocycles. The molecular formula is C23H33ClN3O3-. The minimum atomic E-state index is -0.207. The lowest BCUT2D eigenvalue weighted by Gasteiger charge is -2.22. The first-order valence-electron chi connectivity index (χ1n) is 10.2. The Morgan fingerprint density at radius 2 is 1.77 bits per heavy atom. The van der Waals surface area contributed by atoms with E-state index in [-0.39, 0.29) is 18.4 Å². The van der Waals surface area contributed by atoms with Crippen LogP contribution in [0.5, 0.6) is 11.5 Å². The van der Waals surface area contributed by atoms with Crippen LogP contribution in [0.1, 0.15) is 31.9 Å². The molecule has 166 valence electrons. The molecule has 0 saturated heterocycles. The van der Waals surface area contributed by atoms with E-state index >= 15 is 0 Å². The fourth-order valence-electron chi connectivity index (χ4n) is 3.20. The van der Waals surface area contributed by atoms with Crippen molar-refractivity contribution in [1.82, 2.24) is 5.32 Å². The number of aryl methyl sites for hydroxylation is 1. The van der Waals surface area contributed by atoms with Crippen molar-refractivity contribution in [1.29, 1.82) is 0 Å². The van der Waals surface area contributed by atoms with Crippen molar-refractivity contribution in [3.05, 3.63) is 47.5 Å². The highest BCUT2D eigenvalue weighted by molar-refractivity contribution is 5.90. The van der Waals surface area contributed by atoms with Gasteiger partial charge in [-0.15, -0.1) is 0 Å². The van der Waals surface area contributed by atoms with E-state index in [1.54, 1.807) is 7.11 Å². The number of anilines is 2. The van der Waals surface area contributed by atoms with Gasteiger partial charge in [0.05, 0.1) is 13.7 Å². The van der Waals surface area contributed by atoms with E-state index in [9.17, 15) is 4.79 Å². The van der Waals surface area contributed by atoms with Gasteiger partial charge in [-0.1, -0.05) is 6.07 Å². The van der Waals surface area contributed by atoms with Gasteiger partial charge in [-0.3, -0.25) is 0 Å². The van der Waals surface area contributed by atoms with E-state index in [1.165, 1.54) is 5.69 Å². The number of carbonyl (C=O) groups is 1. The maximum absolute atomic E-state index is 12.3. The number of hydrogen-bond acceptors (Lipinski definition) is 4.